The van der Waals surface area contributed by atoms with Crippen LogP contribution in [0.3, 0.4) is 0 Å². The minimum Gasteiger partial charge on any atom is -0.378 e. The molecular weight excluding hydrogens is 222 g/mol. The second-order valence-electron chi connectivity index (χ2n) is 6.46. The maximum Gasteiger partial charge on any atom is 0.0643 e. The van der Waals surface area contributed by atoms with Crippen molar-refractivity contribution >= 4 is 0 Å². The Morgan fingerprint density at radius 2 is 1.89 bits per heavy atom. The third-order valence-electron chi connectivity index (χ3n) is 4.85. The van der Waals surface area contributed by atoms with Gasteiger partial charge in [0.2, 0.25) is 0 Å². The van der Waals surface area contributed by atoms with Crippen LogP contribution in [0.2, 0.25) is 0 Å². The minimum absolute atomic E-state index is 0.551. The third kappa shape index (κ3) is 3.96. The number of hydrogen-bond donors (Lipinski definition) is 1. The topological polar surface area (TPSA) is 21.3 Å². The van der Waals surface area contributed by atoms with Crippen molar-refractivity contribution in [3.63, 3.8) is 0 Å². The molecule has 1 saturated carbocycles. The molecule has 106 valence electrons. The maximum atomic E-state index is 6.16. The fraction of sp³-hybridized carbons (Fsp3) is 1.00. The SMILES string of the molecule is CCCNCC1CCCOC1C1CCC(C)CC1. The van der Waals surface area contributed by atoms with E-state index in [2.05, 4.69) is 19.2 Å². The highest BCUT2D eigenvalue weighted by Crippen LogP contribution is 2.36. The van der Waals surface area contributed by atoms with Crippen LogP contribution in [0.25, 0.3) is 0 Å². The summed E-state index contributed by atoms with van der Waals surface area (Å²) in [5.74, 6) is 2.56. The van der Waals surface area contributed by atoms with Crippen LogP contribution >= 0.6 is 0 Å². The van der Waals surface area contributed by atoms with Gasteiger partial charge >= 0.3 is 0 Å². The number of rotatable bonds is 5. The summed E-state index contributed by atoms with van der Waals surface area (Å²) in [5, 5.41) is 3.60. The molecule has 2 unspecified atom stereocenters. The van der Waals surface area contributed by atoms with Gasteiger partial charge in [-0.1, -0.05) is 26.7 Å². The highest BCUT2D eigenvalue weighted by molar-refractivity contribution is 4.85. The van der Waals surface area contributed by atoms with Crippen molar-refractivity contribution in [2.45, 2.75) is 64.9 Å². The van der Waals surface area contributed by atoms with Crippen molar-refractivity contribution in [2.75, 3.05) is 19.7 Å². The Labute approximate surface area is 113 Å². The molecule has 1 N–H and O–H groups in total. The first-order valence-corrected chi connectivity index (χ1v) is 8.13. The third-order valence-corrected chi connectivity index (χ3v) is 4.85. The van der Waals surface area contributed by atoms with E-state index < -0.39 is 0 Å². The molecule has 1 aliphatic heterocycles. The quantitative estimate of drug-likeness (QED) is 0.756. The first kappa shape index (κ1) is 14.3. The highest BCUT2D eigenvalue weighted by atomic mass is 16.5. The van der Waals surface area contributed by atoms with Gasteiger partial charge < -0.3 is 10.1 Å². The van der Waals surface area contributed by atoms with Crippen molar-refractivity contribution in [1.29, 1.82) is 0 Å². The standard InChI is InChI=1S/C16H31NO/c1-3-10-17-12-15-5-4-11-18-16(15)14-8-6-13(2)7-9-14/h13-17H,3-12H2,1-2H3. The molecule has 0 aromatic rings. The molecule has 2 heteroatoms. The first-order valence-electron chi connectivity index (χ1n) is 8.13. The monoisotopic (exact) mass is 253 g/mol. The van der Waals surface area contributed by atoms with Gasteiger partial charge in [0.1, 0.15) is 0 Å². The lowest BCUT2D eigenvalue weighted by Crippen LogP contribution is -2.42. The predicted octanol–water partition coefficient (Wildman–Crippen LogP) is 3.61. The lowest BCUT2D eigenvalue weighted by Gasteiger charge is -2.40. The van der Waals surface area contributed by atoms with E-state index in [0.29, 0.717) is 6.10 Å². The van der Waals surface area contributed by atoms with Gasteiger partial charge in [-0.3, -0.25) is 0 Å². The van der Waals surface area contributed by atoms with Gasteiger partial charge in [0.25, 0.3) is 0 Å². The molecular formula is C16H31NO. The van der Waals surface area contributed by atoms with Crippen LogP contribution in [0.1, 0.15) is 58.8 Å². The fourth-order valence-electron chi connectivity index (χ4n) is 3.68. The Hall–Kier alpha value is -0.0800. The van der Waals surface area contributed by atoms with Crippen molar-refractivity contribution in [1.82, 2.24) is 5.32 Å². The summed E-state index contributed by atoms with van der Waals surface area (Å²) in [6.45, 7) is 7.97. The summed E-state index contributed by atoms with van der Waals surface area (Å²) in [4.78, 5) is 0. The van der Waals surface area contributed by atoms with Gasteiger partial charge in [-0.2, -0.15) is 0 Å². The molecule has 2 atom stereocenters. The van der Waals surface area contributed by atoms with Crippen LogP contribution in [-0.2, 0) is 4.74 Å². The molecule has 0 bridgehead atoms. The molecule has 2 nitrogen and oxygen atoms in total. The van der Waals surface area contributed by atoms with E-state index in [1.165, 1.54) is 51.5 Å². The number of hydrogen-bond acceptors (Lipinski definition) is 2. The van der Waals surface area contributed by atoms with Gasteiger partial charge in [-0.25, -0.2) is 0 Å². The lowest BCUT2D eigenvalue weighted by molar-refractivity contribution is -0.0702. The van der Waals surface area contributed by atoms with Gasteiger partial charge in [0.15, 0.2) is 0 Å². The molecule has 0 aromatic carbocycles. The van der Waals surface area contributed by atoms with Gasteiger partial charge in [0.05, 0.1) is 6.10 Å². The molecule has 0 aromatic heterocycles. The Morgan fingerprint density at radius 3 is 2.61 bits per heavy atom. The van der Waals surface area contributed by atoms with E-state index in [1.807, 2.05) is 0 Å². The van der Waals surface area contributed by atoms with E-state index in [0.717, 1.165) is 30.9 Å². The molecule has 2 fully saturated rings. The summed E-state index contributed by atoms with van der Waals surface area (Å²) in [7, 11) is 0. The van der Waals surface area contributed by atoms with Crippen molar-refractivity contribution in [3.8, 4) is 0 Å². The molecule has 1 saturated heterocycles. The Morgan fingerprint density at radius 1 is 1.11 bits per heavy atom. The van der Waals surface area contributed by atoms with E-state index in [4.69, 9.17) is 4.74 Å². The van der Waals surface area contributed by atoms with Crippen LogP contribution in [0, 0.1) is 17.8 Å². The van der Waals surface area contributed by atoms with E-state index >= 15 is 0 Å². The van der Waals surface area contributed by atoms with E-state index in [1.54, 1.807) is 0 Å². The van der Waals surface area contributed by atoms with Crippen LogP contribution in [0.4, 0.5) is 0 Å². The summed E-state index contributed by atoms with van der Waals surface area (Å²) in [5.41, 5.74) is 0. The lowest BCUT2D eigenvalue weighted by atomic mass is 9.75. The summed E-state index contributed by atoms with van der Waals surface area (Å²) >= 11 is 0. The zero-order valence-electron chi connectivity index (χ0n) is 12.3. The second kappa shape index (κ2) is 7.49. The van der Waals surface area contributed by atoms with Crippen LogP contribution in [0.15, 0.2) is 0 Å². The van der Waals surface area contributed by atoms with Crippen molar-refractivity contribution in [3.05, 3.63) is 0 Å². The average molecular weight is 253 g/mol. The van der Waals surface area contributed by atoms with Gasteiger partial charge in [0, 0.05) is 13.2 Å². The Balaban J connectivity index is 1.82. The van der Waals surface area contributed by atoms with Crippen LogP contribution < -0.4 is 5.32 Å². The molecule has 2 aliphatic rings. The summed E-state index contributed by atoms with van der Waals surface area (Å²) < 4.78 is 6.16. The van der Waals surface area contributed by atoms with E-state index in [-0.39, 0.29) is 0 Å². The van der Waals surface area contributed by atoms with Crippen LogP contribution in [-0.4, -0.2) is 25.8 Å². The first-order chi connectivity index (χ1) is 8.81. The predicted molar refractivity (Wildman–Crippen MR) is 76.7 cm³/mol. The summed E-state index contributed by atoms with van der Waals surface area (Å²) in [6, 6.07) is 0. The highest BCUT2D eigenvalue weighted by Gasteiger charge is 2.34. The molecule has 1 heterocycles. The molecule has 18 heavy (non-hydrogen) atoms. The molecule has 1 aliphatic carbocycles. The van der Waals surface area contributed by atoms with E-state index in [9.17, 15) is 0 Å². The van der Waals surface area contributed by atoms with Gasteiger partial charge in [-0.05, 0) is 56.4 Å². The average Bonchev–Trinajstić information content (AvgIpc) is 2.41. The molecule has 0 radical (unpaired) electrons. The zero-order valence-corrected chi connectivity index (χ0v) is 12.3. The van der Waals surface area contributed by atoms with Crippen LogP contribution in [0.5, 0.6) is 0 Å². The number of nitrogens with one attached hydrogen (secondary N) is 1. The largest absolute Gasteiger partial charge is 0.378 e. The second-order valence-corrected chi connectivity index (χ2v) is 6.46. The Bertz CT molecular complexity index is 223. The molecule has 0 spiro atoms. The molecule has 2 rings (SSSR count). The Kier molecular flexibility index (Phi) is 5.97. The molecule has 0 amide bonds. The zero-order chi connectivity index (χ0) is 12.8. The smallest absolute Gasteiger partial charge is 0.0643 e. The number of ether oxygens (including phenoxy) is 1. The maximum absolute atomic E-state index is 6.16. The van der Waals surface area contributed by atoms with Crippen molar-refractivity contribution < 1.29 is 4.74 Å². The summed E-state index contributed by atoms with van der Waals surface area (Å²) in [6.07, 6.45) is 10.0. The van der Waals surface area contributed by atoms with Gasteiger partial charge in [-0.15, -0.1) is 0 Å². The normalized spacial score (nSPS) is 37.7. The van der Waals surface area contributed by atoms with Crippen molar-refractivity contribution in [2.24, 2.45) is 17.8 Å². The fourth-order valence-corrected chi connectivity index (χ4v) is 3.68. The minimum atomic E-state index is 0.551.